The highest BCUT2D eigenvalue weighted by Crippen LogP contribution is 2.28. The summed E-state index contributed by atoms with van der Waals surface area (Å²) < 4.78 is 38.4. The monoisotopic (exact) mass is 558 g/mol. The van der Waals surface area contributed by atoms with Crippen molar-refractivity contribution < 1.29 is 27.6 Å². The summed E-state index contributed by atoms with van der Waals surface area (Å²) in [5.41, 5.74) is 2.61. The van der Waals surface area contributed by atoms with Crippen molar-refractivity contribution in [3.8, 4) is 11.5 Å². The highest BCUT2D eigenvalue weighted by Gasteiger charge is 2.27. The van der Waals surface area contributed by atoms with E-state index in [1.54, 1.807) is 36.4 Å². The topological polar surface area (TPSA) is 140 Å². The average Bonchev–Trinajstić information content (AvgIpc) is 2.92. The number of sulfonamides is 1. The van der Waals surface area contributed by atoms with E-state index in [0.717, 1.165) is 9.20 Å². The number of hydrogen-bond acceptors (Lipinski definition) is 9. The van der Waals surface area contributed by atoms with Crippen molar-refractivity contribution in [2.75, 3.05) is 30.8 Å². The zero-order chi connectivity index (χ0) is 27.7. The van der Waals surface area contributed by atoms with Crippen LogP contribution in [0, 0.1) is 10.1 Å². The second-order valence-electron chi connectivity index (χ2n) is 7.60. The molecule has 0 bridgehead atoms. The SMILES string of the molecule is CCOc1ccc(N(CC(=O)N/N=C\c2ccc(OC)c([N+](=O)[O-])c2)S(=O)(=O)c2ccc(SC)cc2)cc1. The summed E-state index contributed by atoms with van der Waals surface area (Å²) in [6.45, 7) is 1.71. The predicted molar refractivity (Wildman–Crippen MR) is 146 cm³/mol. The molecule has 0 spiro atoms. The van der Waals surface area contributed by atoms with Crippen LogP contribution in [-0.4, -0.2) is 52.0 Å². The van der Waals surface area contributed by atoms with Gasteiger partial charge in [0, 0.05) is 16.5 Å². The van der Waals surface area contributed by atoms with Crippen molar-refractivity contribution in [1.82, 2.24) is 5.43 Å². The molecule has 1 N–H and O–H groups in total. The predicted octanol–water partition coefficient (Wildman–Crippen LogP) is 4.07. The second-order valence-corrected chi connectivity index (χ2v) is 10.3. The molecule has 0 fully saturated rings. The van der Waals surface area contributed by atoms with Crippen LogP contribution in [0.4, 0.5) is 11.4 Å². The molecule has 3 aromatic carbocycles. The van der Waals surface area contributed by atoms with E-state index < -0.39 is 27.4 Å². The van der Waals surface area contributed by atoms with Crippen LogP contribution in [-0.2, 0) is 14.8 Å². The Morgan fingerprint density at radius 1 is 1.13 bits per heavy atom. The number of nitrogens with zero attached hydrogens (tertiary/aromatic N) is 3. The van der Waals surface area contributed by atoms with Gasteiger partial charge in [-0.3, -0.25) is 19.2 Å². The van der Waals surface area contributed by atoms with Crippen molar-refractivity contribution in [2.24, 2.45) is 5.10 Å². The normalized spacial score (nSPS) is 11.2. The molecule has 3 rings (SSSR count). The fraction of sp³-hybridized carbons (Fsp3) is 0.200. The van der Waals surface area contributed by atoms with Crippen LogP contribution in [0.25, 0.3) is 0 Å². The molecule has 0 heterocycles. The van der Waals surface area contributed by atoms with Crippen molar-refractivity contribution in [1.29, 1.82) is 0 Å². The van der Waals surface area contributed by atoms with E-state index in [0.29, 0.717) is 17.9 Å². The number of thioether (sulfide) groups is 1. The second kappa shape index (κ2) is 12.9. The maximum absolute atomic E-state index is 13.5. The van der Waals surface area contributed by atoms with Crippen LogP contribution in [0.1, 0.15) is 12.5 Å². The zero-order valence-corrected chi connectivity index (χ0v) is 22.5. The number of amides is 1. The number of carbonyl (C=O) groups excluding carboxylic acids is 1. The van der Waals surface area contributed by atoms with E-state index in [1.165, 1.54) is 55.4 Å². The molecule has 0 saturated carbocycles. The van der Waals surface area contributed by atoms with Crippen LogP contribution in [0.5, 0.6) is 11.5 Å². The smallest absolute Gasteiger partial charge is 0.311 e. The quantitative estimate of drug-likeness (QED) is 0.152. The Balaban J connectivity index is 1.84. The van der Waals surface area contributed by atoms with Crippen LogP contribution in [0.2, 0.25) is 0 Å². The first-order chi connectivity index (χ1) is 18.2. The third-order valence-corrected chi connectivity index (χ3v) is 7.70. The Morgan fingerprint density at radius 2 is 1.82 bits per heavy atom. The van der Waals surface area contributed by atoms with Crippen LogP contribution in [0.15, 0.2) is 81.6 Å². The number of hydrogen-bond donors (Lipinski definition) is 1. The van der Waals surface area contributed by atoms with Gasteiger partial charge in [0.05, 0.1) is 35.4 Å². The molecule has 0 atom stereocenters. The lowest BCUT2D eigenvalue weighted by Crippen LogP contribution is -2.39. The number of anilines is 1. The lowest BCUT2D eigenvalue weighted by Gasteiger charge is -2.24. The molecule has 0 aliphatic rings. The van der Waals surface area contributed by atoms with E-state index in [4.69, 9.17) is 9.47 Å². The van der Waals surface area contributed by atoms with Crippen molar-refractivity contribution >= 4 is 45.3 Å². The fourth-order valence-electron chi connectivity index (χ4n) is 3.34. The molecule has 200 valence electrons. The van der Waals surface area contributed by atoms with Crippen molar-refractivity contribution in [2.45, 2.75) is 16.7 Å². The first-order valence-electron chi connectivity index (χ1n) is 11.2. The number of methoxy groups -OCH3 is 1. The summed E-state index contributed by atoms with van der Waals surface area (Å²) in [5.74, 6) is -0.0824. The number of ether oxygens (including phenoxy) is 2. The minimum Gasteiger partial charge on any atom is -0.494 e. The number of nitro groups is 1. The number of hydrazone groups is 1. The van der Waals surface area contributed by atoms with E-state index in [2.05, 4.69) is 10.5 Å². The van der Waals surface area contributed by atoms with Gasteiger partial charge in [0.25, 0.3) is 15.9 Å². The summed E-state index contributed by atoms with van der Waals surface area (Å²) in [4.78, 5) is 24.3. The Bertz CT molecular complexity index is 1410. The highest BCUT2D eigenvalue weighted by atomic mass is 32.2. The third kappa shape index (κ3) is 7.01. The van der Waals surface area contributed by atoms with Crippen molar-refractivity contribution in [3.63, 3.8) is 0 Å². The first kappa shape index (κ1) is 28.5. The van der Waals surface area contributed by atoms with Gasteiger partial charge in [0.2, 0.25) is 0 Å². The molecule has 3 aromatic rings. The zero-order valence-electron chi connectivity index (χ0n) is 20.9. The number of nitrogens with one attached hydrogen (secondary N) is 1. The van der Waals surface area contributed by atoms with Gasteiger partial charge in [0.1, 0.15) is 12.3 Å². The standard InChI is InChI=1S/C25H26N4O7S2/c1-4-36-20-8-6-19(7-9-20)28(38(33,34)22-12-10-21(37-3)11-13-22)17-25(30)27-26-16-18-5-14-24(35-2)23(15-18)29(31)32/h5-16H,4,17H2,1-3H3,(H,27,30)/b26-16-. The van der Waals surface area contributed by atoms with Gasteiger partial charge in [-0.25, -0.2) is 13.8 Å². The third-order valence-electron chi connectivity index (χ3n) is 5.17. The number of rotatable bonds is 12. The molecule has 38 heavy (non-hydrogen) atoms. The lowest BCUT2D eigenvalue weighted by molar-refractivity contribution is -0.385. The largest absolute Gasteiger partial charge is 0.494 e. The Morgan fingerprint density at radius 3 is 2.39 bits per heavy atom. The van der Waals surface area contributed by atoms with Crippen molar-refractivity contribution in [3.05, 3.63) is 82.4 Å². The minimum atomic E-state index is -4.12. The van der Waals surface area contributed by atoms with E-state index in [9.17, 15) is 23.3 Å². The number of benzene rings is 3. The number of nitro benzene ring substituents is 1. The van der Waals surface area contributed by atoms with Crippen LogP contribution >= 0.6 is 11.8 Å². The van der Waals surface area contributed by atoms with Gasteiger partial charge >= 0.3 is 5.69 Å². The summed E-state index contributed by atoms with van der Waals surface area (Å²) in [5, 5.41) is 15.0. The summed E-state index contributed by atoms with van der Waals surface area (Å²) in [7, 11) is -2.80. The lowest BCUT2D eigenvalue weighted by atomic mass is 10.2. The molecular formula is C25H26N4O7S2. The summed E-state index contributed by atoms with van der Waals surface area (Å²) >= 11 is 1.47. The highest BCUT2D eigenvalue weighted by molar-refractivity contribution is 7.98. The van der Waals surface area contributed by atoms with E-state index in [-0.39, 0.29) is 22.0 Å². The molecule has 11 nitrogen and oxygen atoms in total. The molecule has 1 amide bonds. The van der Waals surface area contributed by atoms with Gasteiger partial charge in [-0.15, -0.1) is 11.8 Å². The fourth-order valence-corrected chi connectivity index (χ4v) is 5.17. The maximum atomic E-state index is 13.5. The first-order valence-corrected chi connectivity index (χ1v) is 13.9. The molecule has 13 heteroatoms. The van der Waals surface area contributed by atoms with Crippen LogP contribution < -0.4 is 19.2 Å². The van der Waals surface area contributed by atoms with Gasteiger partial charge in [-0.2, -0.15) is 5.10 Å². The molecular weight excluding hydrogens is 532 g/mol. The molecule has 0 unspecified atom stereocenters. The molecule has 0 aromatic heterocycles. The number of carbonyl (C=O) groups is 1. The molecule has 0 aliphatic heterocycles. The van der Waals surface area contributed by atoms with Crippen LogP contribution in [0.3, 0.4) is 0 Å². The van der Waals surface area contributed by atoms with E-state index in [1.807, 2.05) is 13.2 Å². The molecule has 0 aliphatic carbocycles. The molecule has 0 radical (unpaired) electrons. The maximum Gasteiger partial charge on any atom is 0.311 e. The average molecular weight is 559 g/mol. The Hall–Kier alpha value is -4.10. The van der Waals surface area contributed by atoms with Gasteiger partial charge in [-0.1, -0.05) is 0 Å². The Kier molecular flexibility index (Phi) is 9.68. The summed E-state index contributed by atoms with van der Waals surface area (Å²) in [6.07, 6.45) is 3.09. The van der Waals surface area contributed by atoms with E-state index >= 15 is 0 Å². The van der Waals surface area contributed by atoms with Gasteiger partial charge in [0.15, 0.2) is 5.75 Å². The minimum absolute atomic E-state index is 0.0195. The Labute approximate surface area is 224 Å². The van der Waals surface area contributed by atoms with Gasteiger partial charge in [-0.05, 0) is 73.8 Å². The van der Waals surface area contributed by atoms with Gasteiger partial charge < -0.3 is 9.47 Å². The molecule has 0 saturated heterocycles. The summed E-state index contributed by atoms with van der Waals surface area (Å²) in [6, 6.07) is 16.8.